The summed E-state index contributed by atoms with van der Waals surface area (Å²) in [6.07, 6.45) is 7.88. The van der Waals surface area contributed by atoms with Gasteiger partial charge in [0.25, 0.3) is 0 Å². The maximum absolute atomic E-state index is 15.5. The van der Waals surface area contributed by atoms with Crippen LogP contribution in [0.1, 0.15) is 18.3 Å². The number of aromatic amines is 1. The minimum Gasteiger partial charge on any atom is -0.367 e. The lowest BCUT2D eigenvalue weighted by Gasteiger charge is -2.41. The van der Waals surface area contributed by atoms with E-state index in [1.807, 2.05) is 29.8 Å². The summed E-state index contributed by atoms with van der Waals surface area (Å²) in [6.45, 7) is 1.90. The predicted octanol–water partition coefficient (Wildman–Crippen LogP) is 4.37. The van der Waals surface area contributed by atoms with Gasteiger partial charge in [0.15, 0.2) is 5.82 Å². The van der Waals surface area contributed by atoms with E-state index < -0.39 is 11.4 Å². The molecule has 0 bridgehead atoms. The molecule has 5 aromatic rings. The number of hydrogen-bond acceptors (Lipinski definition) is 7. The molecule has 6 heterocycles. The minimum atomic E-state index is -0.822. The third-order valence-electron chi connectivity index (χ3n) is 5.41. The summed E-state index contributed by atoms with van der Waals surface area (Å²) >= 11 is 1.61. The van der Waals surface area contributed by atoms with Gasteiger partial charge >= 0.3 is 0 Å². The first-order valence-corrected chi connectivity index (χ1v) is 10.2. The number of fused-ring (bicyclic) bond motifs is 2. The fraction of sp³-hybridized carbons (Fsp3) is 0.0952. The quantitative estimate of drug-likeness (QED) is 0.455. The number of hydrogen-bond donors (Lipinski definition) is 2. The minimum absolute atomic E-state index is 0.221. The number of nitrogens with zero attached hydrogens (tertiary/aromatic N) is 5. The molecule has 0 aromatic carbocycles. The van der Waals surface area contributed by atoms with E-state index in [-0.39, 0.29) is 5.69 Å². The van der Waals surface area contributed by atoms with E-state index in [0.29, 0.717) is 22.6 Å². The molecule has 0 spiro atoms. The van der Waals surface area contributed by atoms with Crippen LogP contribution in [0.2, 0.25) is 0 Å². The molecule has 6 rings (SSSR count). The van der Waals surface area contributed by atoms with Crippen LogP contribution in [0.5, 0.6) is 0 Å². The van der Waals surface area contributed by atoms with Gasteiger partial charge in [-0.1, -0.05) is 0 Å². The molecular formula is C21H14FN7S. The normalized spacial score (nSPS) is 17.4. The Morgan fingerprint density at radius 3 is 2.70 bits per heavy atom. The number of imidazole rings is 1. The fourth-order valence-electron chi connectivity index (χ4n) is 3.92. The molecule has 1 aliphatic rings. The highest BCUT2D eigenvalue weighted by atomic mass is 32.1. The first-order valence-electron chi connectivity index (χ1n) is 9.25. The third kappa shape index (κ3) is 2.32. The van der Waals surface area contributed by atoms with Crippen molar-refractivity contribution in [3.63, 3.8) is 0 Å². The van der Waals surface area contributed by atoms with Crippen molar-refractivity contribution in [2.24, 2.45) is 0 Å². The van der Waals surface area contributed by atoms with Crippen molar-refractivity contribution < 1.29 is 4.39 Å². The molecule has 0 amide bonds. The van der Waals surface area contributed by atoms with Crippen molar-refractivity contribution in [2.45, 2.75) is 12.5 Å². The molecule has 1 unspecified atom stereocenters. The largest absolute Gasteiger partial charge is 0.367 e. The number of halogens is 1. The molecule has 7 nitrogen and oxygen atoms in total. The van der Waals surface area contributed by atoms with Gasteiger partial charge < -0.3 is 10.3 Å². The van der Waals surface area contributed by atoms with Crippen LogP contribution < -0.4 is 5.32 Å². The molecule has 0 saturated heterocycles. The van der Waals surface area contributed by atoms with Crippen LogP contribution in [0.4, 0.5) is 10.1 Å². The highest BCUT2D eigenvalue weighted by Crippen LogP contribution is 2.48. The van der Waals surface area contributed by atoms with Gasteiger partial charge in [0.2, 0.25) is 0 Å². The Balaban J connectivity index is 1.50. The number of aromatic nitrogens is 6. The van der Waals surface area contributed by atoms with Crippen LogP contribution in [0.3, 0.4) is 0 Å². The SMILES string of the molecule is CC1(c2nc3c(-c4ccsc4)nccc3[nH]2)Nc2cnc(-c3cncnc3)c(F)c21. The van der Waals surface area contributed by atoms with Gasteiger partial charge in [0.05, 0.1) is 23.1 Å². The third-order valence-corrected chi connectivity index (χ3v) is 6.09. The summed E-state index contributed by atoms with van der Waals surface area (Å²) in [5, 5.41) is 7.35. The van der Waals surface area contributed by atoms with Crippen LogP contribution in [-0.4, -0.2) is 29.9 Å². The van der Waals surface area contributed by atoms with Gasteiger partial charge in [0, 0.05) is 40.7 Å². The van der Waals surface area contributed by atoms with E-state index in [4.69, 9.17) is 4.98 Å². The lowest BCUT2D eigenvalue weighted by atomic mass is 9.81. The zero-order valence-electron chi connectivity index (χ0n) is 15.7. The van der Waals surface area contributed by atoms with Gasteiger partial charge in [-0.15, -0.1) is 0 Å². The van der Waals surface area contributed by atoms with E-state index in [9.17, 15) is 0 Å². The summed E-state index contributed by atoms with van der Waals surface area (Å²) in [6, 6.07) is 3.89. The van der Waals surface area contributed by atoms with E-state index in [1.54, 1.807) is 36.1 Å². The van der Waals surface area contributed by atoms with Crippen LogP contribution in [0.25, 0.3) is 33.5 Å². The van der Waals surface area contributed by atoms with Gasteiger partial charge in [-0.25, -0.2) is 19.3 Å². The number of anilines is 1. The smallest absolute Gasteiger partial charge is 0.157 e. The van der Waals surface area contributed by atoms with Crippen molar-refractivity contribution in [1.82, 2.24) is 29.9 Å². The van der Waals surface area contributed by atoms with E-state index in [2.05, 4.69) is 30.2 Å². The molecule has 1 atom stereocenters. The summed E-state index contributed by atoms with van der Waals surface area (Å²) < 4.78 is 15.5. The Hall–Kier alpha value is -3.72. The molecule has 146 valence electrons. The Kier molecular flexibility index (Phi) is 3.51. The molecule has 9 heteroatoms. The average Bonchev–Trinajstić information content (AvgIpc) is 3.43. The monoisotopic (exact) mass is 415 g/mol. The maximum Gasteiger partial charge on any atom is 0.157 e. The summed E-state index contributed by atoms with van der Waals surface area (Å²) in [4.78, 5) is 24.9. The predicted molar refractivity (Wildman–Crippen MR) is 112 cm³/mol. The number of pyridine rings is 2. The average molecular weight is 415 g/mol. The van der Waals surface area contributed by atoms with Crippen molar-refractivity contribution >= 4 is 28.1 Å². The van der Waals surface area contributed by atoms with Crippen molar-refractivity contribution in [3.05, 3.63) is 71.2 Å². The lowest BCUT2D eigenvalue weighted by molar-refractivity contribution is 0.508. The van der Waals surface area contributed by atoms with E-state index in [0.717, 1.165) is 22.3 Å². The fourth-order valence-corrected chi connectivity index (χ4v) is 4.56. The second-order valence-electron chi connectivity index (χ2n) is 7.24. The van der Waals surface area contributed by atoms with E-state index >= 15 is 4.39 Å². The van der Waals surface area contributed by atoms with Crippen LogP contribution in [0, 0.1) is 5.82 Å². The Bertz CT molecular complexity index is 1400. The van der Waals surface area contributed by atoms with Crippen molar-refractivity contribution in [3.8, 4) is 22.5 Å². The molecule has 0 fully saturated rings. The van der Waals surface area contributed by atoms with Crippen molar-refractivity contribution in [2.75, 3.05) is 5.32 Å². The highest BCUT2D eigenvalue weighted by Gasteiger charge is 2.46. The number of thiophene rings is 1. The number of nitrogens with one attached hydrogen (secondary N) is 2. The number of H-pyrrole nitrogens is 1. The topological polar surface area (TPSA) is 92.3 Å². The first-order chi connectivity index (χ1) is 14.6. The van der Waals surface area contributed by atoms with Crippen LogP contribution in [0.15, 0.2) is 54.0 Å². The standard InChI is InChI=1S/C21H14FN7S/c1-21(15-14(29-21)8-26-17(16(15)22)12-6-23-10-24-7-12)20-27-13-2-4-25-18(19(13)28-20)11-3-5-30-9-11/h2-10,29H,1H3,(H,27,28). The highest BCUT2D eigenvalue weighted by molar-refractivity contribution is 7.08. The molecule has 2 N–H and O–H groups in total. The second-order valence-corrected chi connectivity index (χ2v) is 8.02. The summed E-state index contributed by atoms with van der Waals surface area (Å²) in [5.41, 5.74) is 4.51. The zero-order chi connectivity index (χ0) is 20.3. The number of rotatable bonds is 3. The molecule has 5 aromatic heterocycles. The molecule has 30 heavy (non-hydrogen) atoms. The Morgan fingerprint density at radius 1 is 1.03 bits per heavy atom. The van der Waals surface area contributed by atoms with Gasteiger partial charge in [0.1, 0.15) is 28.9 Å². The lowest BCUT2D eigenvalue weighted by Crippen LogP contribution is -2.44. The Labute approximate surface area is 174 Å². The molecule has 1 aliphatic heterocycles. The maximum atomic E-state index is 15.5. The van der Waals surface area contributed by atoms with Crippen LogP contribution >= 0.6 is 11.3 Å². The molecule has 0 saturated carbocycles. The summed E-state index contributed by atoms with van der Waals surface area (Å²) in [7, 11) is 0. The van der Waals surface area contributed by atoms with Gasteiger partial charge in [-0.2, -0.15) is 11.3 Å². The second kappa shape index (κ2) is 6.14. The van der Waals surface area contributed by atoms with Crippen LogP contribution in [-0.2, 0) is 5.54 Å². The zero-order valence-corrected chi connectivity index (χ0v) is 16.5. The van der Waals surface area contributed by atoms with Gasteiger partial charge in [-0.05, 0) is 24.4 Å². The first kappa shape index (κ1) is 17.2. The van der Waals surface area contributed by atoms with Crippen molar-refractivity contribution in [1.29, 1.82) is 0 Å². The molecule has 0 radical (unpaired) electrons. The Morgan fingerprint density at radius 2 is 1.90 bits per heavy atom. The molecule has 0 aliphatic carbocycles. The summed E-state index contributed by atoms with van der Waals surface area (Å²) in [5.74, 6) is 0.218. The van der Waals surface area contributed by atoms with Gasteiger partial charge in [-0.3, -0.25) is 9.97 Å². The molecular weight excluding hydrogens is 401 g/mol. The van der Waals surface area contributed by atoms with E-state index in [1.165, 1.54) is 6.33 Å².